The molecule has 0 saturated heterocycles. The molecule has 1 aliphatic rings. The van der Waals surface area contributed by atoms with Crippen LogP contribution in [0.5, 0.6) is 5.75 Å². The number of aryl methyl sites for hydroxylation is 2. The molecule has 1 atom stereocenters. The van der Waals surface area contributed by atoms with E-state index < -0.39 is 6.04 Å². The predicted molar refractivity (Wildman–Crippen MR) is 132 cm³/mol. The van der Waals surface area contributed by atoms with Crippen LogP contribution in [0.15, 0.2) is 42.5 Å². The van der Waals surface area contributed by atoms with Crippen LogP contribution in [0.1, 0.15) is 67.7 Å². The van der Waals surface area contributed by atoms with Crippen molar-refractivity contribution in [3.63, 3.8) is 0 Å². The summed E-state index contributed by atoms with van der Waals surface area (Å²) in [5.74, 6) is 0.670. The lowest BCUT2D eigenvalue weighted by atomic mass is 9.95. The molecule has 0 aromatic heterocycles. The highest BCUT2D eigenvalue weighted by molar-refractivity contribution is 5.88. The second-order valence-corrected chi connectivity index (χ2v) is 9.31. The highest BCUT2D eigenvalue weighted by Crippen LogP contribution is 2.21. The van der Waals surface area contributed by atoms with Gasteiger partial charge < -0.3 is 15.0 Å². The number of rotatable bonds is 9. The van der Waals surface area contributed by atoms with Gasteiger partial charge in [0.05, 0.1) is 13.5 Å². The Morgan fingerprint density at radius 3 is 2.36 bits per heavy atom. The Bertz CT molecular complexity index is 930. The van der Waals surface area contributed by atoms with Crippen molar-refractivity contribution in [1.29, 1.82) is 0 Å². The zero-order valence-corrected chi connectivity index (χ0v) is 20.5. The summed E-state index contributed by atoms with van der Waals surface area (Å²) in [6.07, 6.45) is 6.44. The van der Waals surface area contributed by atoms with Crippen molar-refractivity contribution in [2.45, 2.75) is 84.3 Å². The fraction of sp³-hybridized carbons (Fsp3) is 0.500. The molecular weight excluding hydrogens is 412 g/mol. The molecule has 2 aromatic carbocycles. The van der Waals surface area contributed by atoms with E-state index >= 15 is 0 Å². The van der Waals surface area contributed by atoms with E-state index in [1.807, 2.05) is 45.0 Å². The van der Waals surface area contributed by atoms with Crippen molar-refractivity contribution in [3.05, 3.63) is 64.7 Å². The van der Waals surface area contributed by atoms with Crippen LogP contribution in [0.2, 0.25) is 0 Å². The summed E-state index contributed by atoms with van der Waals surface area (Å²) in [5.41, 5.74) is 4.21. The van der Waals surface area contributed by atoms with Gasteiger partial charge in [-0.15, -0.1) is 0 Å². The Balaban J connectivity index is 1.84. The third kappa shape index (κ3) is 7.08. The maximum Gasteiger partial charge on any atom is 0.243 e. The molecule has 33 heavy (non-hydrogen) atoms. The van der Waals surface area contributed by atoms with Crippen molar-refractivity contribution in [3.8, 4) is 5.75 Å². The van der Waals surface area contributed by atoms with Crippen molar-refractivity contribution >= 4 is 11.8 Å². The van der Waals surface area contributed by atoms with Gasteiger partial charge in [0.1, 0.15) is 11.8 Å². The largest absolute Gasteiger partial charge is 0.497 e. The first-order chi connectivity index (χ1) is 15.9. The number of nitrogens with zero attached hydrogens (tertiary/aromatic N) is 1. The van der Waals surface area contributed by atoms with E-state index in [-0.39, 0.29) is 24.3 Å². The lowest BCUT2D eigenvalue weighted by Gasteiger charge is -2.33. The Kier molecular flexibility index (Phi) is 8.93. The first-order valence-electron chi connectivity index (χ1n) is 12.2. The van der Waals surface area contributed by atoms with E-state index in [9.17, 15) is 9.59 Å². The minimum Gasteiger partial charge on any atom is -0.497 e. The summed E-state index contributed by atoms with van der Waals surface area (Å²) >= 11 is 0. The summed E-state index contributed by atoms with van der Waals surface area (Å²) in [6, 6.07) is 13.6. The van der Waals surface area contributed by atoms with Crippen molar-refractivity contribution in [1.82, 2.24) is 10.2 Å². The van der Waals surface area contributed by atoms with Gasteiger partial charge >= 0.3 is 0 Å². The zero-order chi connectivity index (χ0) is 23.8. The van der Waals surface area contributed by atoms with Crippen LogP contribution in [0.4, 0.5) is 0 Å². The Morgan fingerprint density at radius 2 is 1.73 bits per heavy atom. The number of carbonyl (C=O) groups is 2. The molecule has 178 valence electrons. The smallest absolute Gasteiger partial charge is 0.243 e. The van der Waals surface area contributed by atoms with Gasteiger partial charge in [-0.25, -0.2) is 0 Å². The van der Waals surface area contributed by atoms with Crippen molar-refractivity contribution < 1.29 is 14.3 Å². The average molecular weight is 451 g/mol. The van der Waals surface area contributed by atoms with Gasteiger partial charge in [-0.05, 0) is 56.4 Å². The second-order valence-electron chi connectivity index (χ2n) is 9.31. The van der Waals surface area contributed by atoms with Crippen molar-refractivity contribution in [2.24, 2.45) is 0 Å². The molecular formula is C28H38N2O3. The number of benzene rings is 2. The van der Waals surface area contributed by atoms with Gasteiger partial charge in [-0.3, -0.25) is 9.59 Å². The summed E-state index contributed by atoms with van der Waals surface area (Å²) in [5, 5.41) is 3.24. The highest BCUT2D eigenvalue weighted by Gasteiger charge is 2.30. The number of hydrogen-bond acceptors (Lipinski definition) is 3. The van der Waals surface area contributed by atoms with Crippen LogP contribution in [0.3, 0.4) is 0 Å². The van der Waals surface area contributed by atoms with Crippen LogP contribution in [-0.2, 0) is 22.6 Å². The molecule has 0 unspecified atom stereocenters. The molecule has 3 rings (SSSR count). The van der Waals surface area contributed by atoms with E-state index in [0.717, 1.165) is 53.7 Å². The molecule has 5 nitrogen and oxygen atoms in total. The minimum absolute atomic E-state index is 0.0338. The lowest BCUT2D eigenvalue weighted by molar-refractivity contribution is -0.141. The normalized spacial score (nSPS) is 15.0. The molecule has 5 heteroatoms. The SMILES string of the molecule is CC[C@H](C(=O)NC1CCCCC1)N(Cc1cccc(OC)c1)C(=O)Cc1cc(C)cc(C)c1. The van der Waals surface area contributed by atoms with Crippen LogP contribution in [0, 0.1) is 13.8 Å². The van der Waals surface area contributed by atoms with E-state index in [1.165, 1.54) is 6.42 Å². The highest BCUT2D eigenvalue weighted by atomic mass is 16.5. The zero-order valence-electron chi connectivity index (χ0n) is 20.5. The number of methoxy groups -OCH3 is 1. The number of carbonyl (C=O) groups excluding carboxylic acids is 2. The van der Waals surface area contributed by atoms with E-state index in [2.05, 4.69) is 23.5 Å². The fourth-order valence-corrected chi connectivity index (χ4v) is 4.88. The Morgan fingerprint density at radius 1 is 1.03 bits per heavy atom. The van der Waals surface area contributed by atoms with Crippen LogP contribution < -0.4 is 10.1 Å². The predicted octanol–water partition coefficient (Wildman–Crippen LogP) is 5.11. The quantitative estimate of drug-likeness (QED) is 0.577. The van der Waals surface area contributed by atoms with Gasteiger partial charge in [0, 0.05) is 12.6 Å². The average Bonchev–Trinajstić information content (AvgIpc) is 2.79. The molecule has 0 heterocycles. The molecule has 0 spiro atoms. The van der Waals surface area contributed by atoms with Crippen LogP contribution >= 0.6 is 0 Å². The standard InChI is InChI=1S/C28H38N2O3/c1-5-26(28(32)29-24-11-7-6-8-12-24)30(19-22-10-9-13-25(17-22)33-4)27(31)18-23-15-20(2)14-21(3)16-23/h9-10,13-17,24,26H,5-8,11-12,18-19H2,1-4H3,(H,29,32)/t26-/m1/s1. The molecule has 1 fully saturated rings. The third-order valence-electron chi connectivity index (χ3n) is 6.46. The number of ether oxygens (including phenoxy) is 1. The third-order valence-corrected chi connectivity index (χ3v) is 6.46. The van der Waals surface area contributed by atoms with E-state index in [4.69, 9.17) is 4.74 Å². The molecule has 1 aliphatic carbocycles. The van der Waals surface area contributed by atoms with Crippen LogP contribution in [-0.4, -0.2) is 35.9 Å². The van der Waals surface area contributed by atoms with Gasteiger partial charge in [0.15, 0.2) is 0 Å². The molecule has 2 aromatic rings. The van der Waals surface area contributed by atoms with E-state index in [1.54, 1.807) is 12.0 Å². The van der Waals surface area contributed by atoms with Gasteiger partial charge in [-0.1, -0.05) is 67.6 Å². The minimum atomic E-state index is -0.503. The lowest BCUT2D eigenvalue weighted by Crippen LogP contribution is -2.51. The van der Waals surface area contributed by atoms with Gasteiger partial charge in [0.2, 0.25) is 11.8 Å². The van der Waals surface area contributed by atoms with Crippen LogP contribution in [0.25, 0.3) is 0 Å². The topological polar surface area (TPSA) is 58.6 Å². The van der Waals surface area contributed by atoms with Crippen molar-refractivity contribution in [2.75, 3.05) is 7.11 Å². The first-order valence-corrected chi connectivity index (χ1v) is 12.2. The molecule has 0 bridgehead atoms. The second kappa shape index (κ2) is 11.9. The fourth-order valence-electron chi connectivity index (χ4n) is 4.88. The first kappa shape index (κ1) is 24.8. The molecule has 0 radical (unpaired) electrons. The van der Waals surface area contributed by atoms with Gasteiger partial charge in [0.25, 0.3) is 0 Å². The van der Waals surface area contributed by atoms with E-state index in [0.29, 0.717) is 13.0 Å². The summed E-state index contributed by atoms with van der Waals surface area (Å²) < 4.78 is 5.37. The molecule has 1 saturated carbocycles. The monoisotopic (exact) mass is 450 g/mol. The number of hydrogen-bond donors (Lipinski definition) is 1. The maximum atomic E-state index is 13.6. The summed E-state index contributed by atoms with van der Waals surface area (Å²) in [7, 11) is 1.63. The molecule has 0 aliphatic heterocycles. The Hall–Kier alpha value is -2.82. The molecule has 1 N–H and O–H groups in total. The summed E-state index contributed by atoms with van der Waals surface area (Å²) in [4.78, 5) is 28.7. The number of amides is 2. The Labute approximate surface area is 198 Å². The van der Waals surface area contributed by atoms with Gasteiger partial charge in [-0.2, -0.15) is 0 Å². The summed E-state index contributed by atoms with van der Waals surface area (Å²) in [6.45, 7) is 6.44. The maximum absolute atomic E-state index is 13.6. The molecule has 2 amide bonds. The number of nitrogens with one attached hydrogen (secondary N) is 1.